The molecule has 2 heterocycles. The number of halogens is 3. The van der Waals surface area contributed by atoms with E-state index in [2.05, 4.69) is 19.6 Å². The summed E-state index contributed by atoms with van der Waals surface area (Å²) < 4.78 is 48.9. The molecule has 0 N–H and O–H groups in total. The molecule has 10 heteroatoms. The summed E-state index contributed by atoms with van der Waals surface area (Å²) in [5, 5.41) is 3.37. The van der Waals surface area contributed by atoms with Crippen LogP contribution in [-0.2, 0) is 23.9 Å². The molecule has 0 bridgehead atoms. The minimum atomic E-state index is -4.68. The Bertz CT molecular complexity index is 977. The first kappa shape index (κ1) is 20.6. The van der Waals surface area contributed by atoms with E-state index in [0.29, 0.717) is 24.2 Å². The van der Waals surface area contributed by atoms with E-state index in [1.54, 1.807) is 37.5 Å². The van der Waals surface area contributed by atoms with Gasteiger partial charge in [0.15, 0.2) is 5.69 Å². The topological polar surface area (TPSA) is 83.0 Å². The SMILES string of the molecule is CCCc1c(C(=O)OCC)ncn1Cc1ccc(-c2noc(C(F)(F)F)n2)cc1. The van der Waals surface area contributed by atoms with Gasteiger partial charge >= 0.3 is 18.0 Å². The van der Waals surface area contributed by atoms with E-state index >= 15 is 0 Å². The maximum absolute atomic E-state index is 12.6. The van der Waals surface area contributed by atoms with Crippen molar-refractivity contribution in [1.82, 2.24) is 19.7 Å². The van der Waals surface area contributed by atoms with Crippen molar-refractivity contribution in [2.75, 3.05) is 6.61 Å². The number of ether oxygens (including phenoxy) is 1. The molecule has 0 amide bonds. The first-order chi connectivity index (χ1) is 13.8. The molecular formula is C19H19F3N4O3. The Balaban J connectivity index is 1.79. The fourth-order valence-electron chi connectivity index (χ4n) is 2.82. The summed E-state index contributed by atoms with van der Waals surface area (Å²) in [7, 11) is 0. The molecule has 154 valence electrons. The molecule has 0 saturated carbocycles. The van der Waals surface area contributed by atoms with Crippen LogP contribution in [0, 0.1) is 0 Å². The van der Waals surface area contributed by atoms with Crippen LogP contribution < -0.4 is 0 Å². The highest BCUT2D eigenvalue weighted by Crippen LogP contribution is 2.29. The Morgan fingerprint density at radius 1 is 1.21 bits per heavy atom. The second-order valence-corrected chi connectivity index (χ2v) is 6.26. The van der Waals surface area contributed by atoms with Crippen molar-refractivity contribution in [2.24, 2.45) is 0 Å². The van der Waals surface area contributed by atoms with Crippen LogP contribution in [0.25, 0.3) is 11.4 Å². The van der Waals surface area contributed by atoms with E-state index in [-0.39, 0.29) is 12.4 Å². The molecule has 1 aromatic carbocycles. The number of alkyl halides is 3. The number of nitrogens with zero attached hydrogens (tertiary/aromatic N) is 4. The van der Waals surface area contributed by atoms with E-state index in [1.165, 1.54) is 0 Å². The molecule has 0 aliphatic carbocycles. The van der Waals surface area contributed by atoms with Gasteiger partial charge < -0.3 is 13.8 Å². The van der Waals surface area contributed by atoms with Crippen LogP contribution >= 0.6 is 0 Å². The predicted octanol–water partition coefficient (Wildman–Crippen LogP) is 4.13. The van der Waals surface area contributed by atoms with Crippen LogP contribution in [0.15, 0.2) is 35.1 Å². The molecule has 0 aliphatic heterocycles. The molecule has 0 aliphatic rings. The van der Waals surface area contributed by atoms with Gasteiger partial charge in [-0.15, -0.1) is 0 Å². The molecule has 2 aromatic heterocycles. The number of rotatable bonds is 7. The maximum Gasteiger partial charge on any atom is 0.471 e. The number of benzene rings is 1. The van der Waals surface area contributed by atoms with Crippen LogP contribution in [0.1, 0.15) is 47.9 Å². The first-order valence-electron chi connectivity index (χ1n) is 9.04. The smallest absolute Gasteiger partial charge is 0.461 e. The Hall–Kier alpha value is -3.17. The maximum atomic E-state index is 12.6. The first-order valence-corrected chi connectivity index (χ1v) is 9.04. The lowest BCUT2D eigenvalue weighted by Gasteiger charge is -2.09. The molecule has 0 saturated heterocycles. The van der Waals surface area contributed by atoms with Crippen LogP contribution in [0.2, 0.25) is 0 Å². The molecule has 0 radical (unpaired) electrons. The summed E-state index contributed by atoms with van der Waals surface area (Å²) in [6, 6.07) is 6.73. The third-order valence-electron chi connectivity index (χ3n) is 4.14. The van der Waals surface area contributed by atoms with Gasteiger partial charge in [-0.3, -0.25) is 0 Å². The van der Waals surface area contributed by atoms with Crippen LogP contribution in [0.4, 0.5) is 13.2 Å². The zero-order chi connectivity index (χ0) is 21.0. The number of hydrogen-bond acceptors (Lipinski definition) is 6. The number of esters is 1. The number of carbonyl (C=O) groups excluding carboxylic acids is 1. The largest absolute Gasteiger partial charge is 0.471 e. The Morgan fingerprint density at radius 3 is 2.52 bits per heavy atom. The number of hydrogen-bond donors (Lipinski definition) is 0. The van der Waals surface area contributed by atoms with E-state index in [1.807, 2.05) is 11.5 Å². The van der Waals surface area contributed by atoms with E-state index in [4.69, 9.17) is 4.74 Å². The van der Waals surface area contributed by atoms with Crippen LogP contribution in [-0.4, -0.2) is 32.3 Å². The fourth-order valence-corrected chi connectivity index (χ4v) is 2.82. The molecule has 0 unspecified atom stereocenters. The third-order valence-corrected chi connectivity index (χ3v) is 4.14. The third kappa shape index (κ3) is 4.64. The quantitative estimate of drug-likeness (QED) is 0.547. The van der Waals surface area contributed by atoms with Crippen LogP contribution in [0.5, 0.6) is 0 Å². The van der Waals surface area contributed by atoms with Gasteiger partial charge in [0.25, 0.3) is 0 Å². The average Bonchev–Trinajstić information content (AvgIpc) is 3.31. The average molecular weight is 408 g/mol. The lowest BCUT2D eigenvalue weighted by Crippen LogP contribution is -2.11. The summed E-state index contributed by atoms with van der Waals surface area (Å²) in [5.74, 6) is -1.98. The second kappa shape index (κ2) is 8.46. The van der Waals surface area contributed by atoms with Gasteiger partial charge in [0.1, 0.15) is 0 Å². The fraction of sp³-hybridized carbons (Fsp3) is 0.368. The molecule has 29 heavy (non-hydrogen) atoms. The molecule has 7 nitrogen and oxygen atoms in total. The molecule has 3 aromatic rings. The van der Waals surface area contributed by atoms with Gasteiger partial charge in [-0.25, -0.2) is 9.78 Å². The summed E-state index contributed by atoms with van der Waals surface area (Å²) in [5.41, 5.74) is 2.36. The van der Waals surface area contributed by atoms with Crippen molar-refractivity contribution < 1.29 is 27.2 Å². The second-order valence-electron chi connectivity index (χ2n) is 6.26. The zero-order valence-electron chi connectivity index (χ0n) is 15.9. The molecule has 0 spiro atoms. The van der Waals surface area contributed by atoms with Crippen molar-refractivity contribution in [3.05, 3.63) is 53.4 Å². The van der Waals surface area contributed by atoms with Gasteiger partial charge in [-0.1, -0.05) is 42.8 Å². The predicted molar refractivity (Wildman–Crippen MR) is 96.0 cm³/mol. The van der Waals surface area contributed by atoms with Gasteiger partial charge in [-0.2, -0.15) is 18.2 Å². The Kier molecular flexibility index (Phi) is 6.00. The minimum Gasteiger partial charge on any atom is -0.461 e. The van der Waals surface area contributed by atoms with Gasteiger partial charge in [0.05, 0.1) is 18.6 Å². The van der Waals surface area contributed by atoms with Crippen molar-refractivity contribution in [3.63, 3.8) is 0 Å². The molecule has 0 atom stereocenters. The number of imidazole rings is 1. The highest BCUT2D eigenvalue weighted by molar-refractivity contribution is 5.88. The lowest BCUT2D eigenvalue weighted by molar-refractivity contribution is -0.159. The van der Waals surface area contributed by atoms with Crippen molar-refractivity contribution in [2.45, 2.75) is 39.4 Å². The Labute approximate surface area is 164 Å². The summed E-state index contributed by atoms with van der Waals surface area (Å²) in [6.07, 6.45) is -1.61. The monoisotopic (exact) mass is 408 g/mol. The van der Waals surface area contributed by atoms with Gasteiger partial charge in [-0.05, 0) is 18.9 Å². The number of carbonyl (C=O) groups is 1. The normalized spacial score (nSPS) is 11.6. The highest BCUT2D eigenvalue weighted by atomic mass is 19.4. The van der Waals surface area contributed by atoms with E-state index in [0.717, 1.165) is 17.7 Å². The van der Waals surface area contributed by atoms with E-state index in [9.17, 15) is 18.0 Å². The molecular weight excluding hydrogens is 389 g/mol. The molecule has 0 fully saturated rings. The molecule has 3 rings (SSSR count). The van der Waals surface area contributed by atoms with Gasteiger partial charge in [0.2, 0.25) is 5.82 Å². The standard InChI is InChI=1S/C19H19F3N4O3/c1-3-5-14-15(17(27)28-4-2)23-11-26(14)10-12-6-8-13(9-7-12)16-24-18(29-25-16)19(20,21)22/h6-9,11H,3-5,10H2,1-2H3. The summed E-state index contributed by atoms with van der Waals surface area (Å²) >= 11 is 0. The summed E-state index contributed by atoms with van der Waals surface area (Å²) in [6.45, 7) is 4.45. The summed E-state index contributed by atoms with van der Waals surface area (Å²) in [4.78, 5) is 19.6. The van der Waals surface area contributed by atoms with Crippen molar-refractivity contribution in [3.8, 4) is 11.4 Å². The lowest BCUT2D eigenvalue weighted by atomic mass is 10.1. The Morgan fingerprint density at radius 2 is 1.93 bits per heavy atom. The van der Waals surface area contributed by atoms with Crippen molar-refractivity contribution in [1.29, 1.82) is 0 Å². The van der Waals surface area contributed by atoms with Crippen molar-refractivity contribution >= 4 is 5.97 Å². The zero-order valence-corrected chi connectivity index (χ0v) is 15.9. The van der Waals surface area contributed by atoms with Gasteiger partial charge in [0, 0.05) is 12.1 Å². The van der Waals surface area contributed by atoms with Crippen LogP contribution in [0.3, 0.4) is 0 Å². The highest BCUT2D eigenvalue weighted by Gasteiger charge is 2.38. The number of aromatic nitrogens is 4. The minimum absolute atomic E-state index is 0.136. The van der Waals surface area contributed by atoms with E-state index < -0.39 is 18.0 Å².